The fourth-order valence-electron chi connectivity index (χ4n) is 3.98. The molecule has 5 heterocycles. The zero-order chi connectivity index (χ0) is 19.4. The number of rotatable bonds is 2. The number of amides is 1. The summed E-state index contributed by atoms with van der Waals surface area (Å²) in [5, 5.41) is 4.80. The number of hydrogen-bond acceptors (Lipinski definition) is 8. The Bertz CT molecular complexity index is 1150. The predicted octanol–water partition coefficient (Wildman–Crippen LogP) is 1.46. The van der Waals surface area contributed by atoms with E-state index in [0.717, 1.165) is 19.4 Å². The van der Waals surface area contributed by atoms with Gasteiger partial charge in [0.05, 0.1) is 12.0 Å². The molecule has 10 heteroatoms. The predicted molar refractivity (Wildman–Crippen MR) is 108 cm³/mol. The van der Waals surface area contributed by atoms with E-state index in [0.29, 0.717) is 39.8 Å². The first-order valence-corrected chi connectivity index (χ1v) is 10.0. The van der Waals surface area contributed by atoms with Crippen molar-refractivity contribution < 1.29 is 4.79 Å². The molecule has 0 bridgehead atoms. The summed E-state index contributed by atoms with van der Waals surface area (Å²) in [6, 6.07) is 0.173. The van der Waals surface area contributed by atoms with Crippen molar-refractivity contribution in [3.8, 4) is 0 Å². The summed E-state index contributed by atoms with van der Waals surface area (Å²) in [5.74, 6) is 1.02. The molecule has 0 aliphatic carbocycles. The lowest BCUT2D eigenvalue weighted by molar-refractivity contribution is 0.0988. The van der Waals surface area contributed by atoms with Crippen molar-refractivity contribution in [2.75, 3.05) is 35.3 Å². The second-order valence-corrected chi connectivity index (χ2v) is 7.93. The van der Waals surface area contributed by atoms with Crippen LogP contribution < -0.4 is 20.7 Å². The molecule has 0 saturated carbocycles. The Morgan fingerprint density at radius 2 is 2.14 bits per heavy atom. The number of anilines is 3. The molecule has 144 valence electrons. The van der Waals surface area contributed by atoms with E-state index in [1.54, 1.807) is 25.2 Å². The summed E-state index contributed by atoms with van der Waals surface area (Å²) in [4.78, 5) is 43.1. The van der Waals surface area contributed by atoms with Crippen molar-refractivity contribution >= 4 is 44.9 Å². The molecule has 1 N–H and O–H groups in total. The quantitative estimate of drug-likeness (QED) is 0.699. The number of aromatic nitrogens is 4. The van der Waals surface area contributed by atoms with Crippen LogP contribution in [0, 0.1) is 0 Å². The Kier molecular flexibility index (Phi) is 3.83. The third kappa shape index (κ3) is 2.40. The molecule has 1 saturated heterocycles. The van der Waals surface area contributed by atoms with E-state index in [2.05, 4.69) is 25.2 Å². The summed E-state index contributed by atoms with van der Waals surface area (Å²) in [6.07, 6.45) is 5.13. The van der Waals surface area contributed by atoms with E-state index in [9.17, 15) is 9.59 Å². The van der Waals surface area contributed by atoms with E-state index < -0.39 is 0 Å². The molecule has 5 rings (SSSR count). The third-order valence-corrected chi connectivity index (χ3v) is 6.37. The van der Waals surface area contributed by atoms with Gasteiger partial charge in [0.25, 0.3) is 11.5 Å². The summed E-state index contributed by atoms with van der Waals surface area (Å²) >= 11 is 1.33. The number of hydrogen-bond donors (Lipinski definition) is 1. The number of carbonyl (C=O) groups is 1. The first kappa shape index (κ1) is 17.1. The standard InChI is InChI=1S/C18H19N7O2S/c1-19-18-20-6-11-15(22-18)24-5-3-4-10(24)7-25(16(11)26)12-8-28-14-13(12)21-9-23(2)17(14)27/h6,8-10H,3-5,7H2,1-2H3,(H,19,20,22)/t10-/m0/s1. The third-order valence-electron chi connectivity index (χ3n) is 5.42. The summed E-state index contributed by atoms with van der Waals surface area (Å²) in [7, 11) is 3.44. The molecule has 2 aliphatic rings. The minimum atomic E-state index is -0.158. The van der Waals surface area contributed by atoms with Crippen LogP contribution >= 0.6 is 11.3 Å². The van der Waals surface area contributed by atoms with Gasteiger partial charge in [-0.3, -0.25) is 9.59 Å². The molecule has 0 spiro atoms. The average molecular weight is 397 g/mol. The van der Waals surface area contributed by atoms with E-state index in [1.165, 1.54) is 22.2 Å². The van der Waals surface area contributed by atoms with Gasteiger partial charge in [-0.1, -0.05) is 0 Å². The highest BCUT2D eigenvalue weighted by molar-refractivity contribution is 7.17. The van der Waals surface area contributed by atoms with Crippen molar-refractivity contribution in [3.05, 3.63) is 33.8 Å². The molecule has 2 aliphatic heterocycles. The molecular formula is C18H19N7O2S. The van der Waals surface area contributed by atoms with Crippen LogP contribution in [-0.4, -0.2) is 51.6 Å². The smallest absolute Gasteiger partial charge is 0.271 e. The molecular weight excluding hydrogens is 378 g/mol. The maximum atomic E-state index is 13.5. The largest absolute Gasteiger partial charge is 0.357 e. The van der Waals surface area contributed by atoms with Gasteiger partial charge in [0.1, 0.15) is 21.6 Å². The number of fused-ring (bicyclic) bond motifs is 4. The van der Waals surface area contributed by atoms with Crippen LogP contribution in [-0.2, 0) is 7.05 Å². The van der Waals surface area contributed by atoms with Gasteiger partial charge in [-0.2, -0.15) is 4.98 Å². The Hall–Kier alpha value is -3.01. The Morgan fingerprint density at radius 3 is 2.96 bits per heavy atom. The van der Waals surface area contributed by atoms with E-state index >= 15 is 0 Å². The fraction of sp³-hybridized carbons (Fsp3) is 0.389. The maximum Gasteiger partial charge on any atom is 0.271 e. The molecule has 9 nitrogen and oxygen atoms in total. The van der Waals surface area contributed by atoms with Crippen LogP contribution in [0.25, 0.3) is 10.2 Å². The van der Waals surface area contributed by atoms with Crippen LogP contribution in [0.2, 0.25) is 0 Å². The van der Waals surface area contributed by atoms with Crippen molar-refractivity contribution in [2.45, 2.75) is 18.9 Å². The number of thiophene rings is 1. The van der Waals surface area contributed by atoms with Crippen molar-refractivity contribution in [1.82, 2.24) is 19.5 Å². The van der Waals surface area contributed by atoms with Gasteiger partial charge in [0.2, 0.25) is 5.95 Å². The highest BCUT2D eigenvalue weighted by Crippen LogP contribution is 2.37. The molecule has 1 fully saturated rings. The van der Waals surface area contributed by atoms with E-state index in [1.807, 2.05) is 5.38 Å². The Balaban J connectivity index is 1.68. The van der Waals surface area contributed by atoms with Crippen molar-refractivity contribution in [2.24, 2.45) is 7.05 Å². The van der Waals surface area contributed by atoms with Gasteiger partial charge < -0.3 is 19.7 Å². The Labute approximate surface area is 164 Å². The first-order valence-electron chi connectivity index (χ1n) is 9.14. The van der Waals surface area contributed by atoms with Crippen LogP contribution in [0.4, 0.5) is 17.5 Å². The molecule has 0 aromatic carbocycles. The molecule has 1 amide bonds. The topological polar surface area (TPSA) is 96.2 Å². The van der Waals surface area contributed by atoms with Crippen molar-refractivity contribution in [1.29, 1.82) is 0 Å². The average Bonchev–Trinajstić information content (AvgIpc) is 3.33. The zero-order valence-corrected chi connectivity index (χ0v) is 16.4. The number of nitrogens with zero attached hydrogens (tertiary/aromatic N) is 6. The Morgan fingerprint density at radius 1 is 1.29 bits per heavy atom. The number of aryl methyl sites for hydroxylation is 1. The van der Waals surface area contributed by atoms with Gasteiger partial charge in [-0.15, -0.1) is 11.3 Å². The maximum absolute atomic E-state index is 13.5. The highest BCUT2D eigenvalue weighted by atomic mass is 32.1. The summed E-state index contributed by atoms with van der Waals surface area (Å²) in [5.41, 5.74) is 1.63. The van der Waals surface area contributed by atoms with Crippen LogP contribution in [0.5, 0.6) is 0 Å². The molecule has 28 heavy (non-hydrogen) atoms. The fourth-order valence-corrected chi connectivity index (χ4v) is 4.96. The molecule has 3 aromatic heterocycles. The normalized spacial score (nSPS) is 18.9. The van der Waals surface area contributed by atoms with Crippen LogP contribution in [0.15, 0.2) is 22.7 Å². The SMILES string of the molecule is CNc1ncc2c(n1)N1CCC[C@H]1CN(c1csc3c(=O)n(C)cnc13)C2=O. The zero-order valence-electron chi connectivity index (χ0n) is 15.5. The molecule has 0 radical (unpaired) electrons. The number of nitrogens with one attached hydrogen (secondary N) is 1. The van der Waals surface area contributed by atoms with Crippen LogP contribution in [0.1, 0.15) is 23.2 Å². The van der Waals surface area contributed by atoms with Gasteiger partial charge >= 0.3 is 0 Å². The van der Waals surface area contributed by atoms with Crippen LogP contribution in [0.3, 0.4) is 0 Å². The molecule has 1 atom stereocenters. The van der Waals surface area contributed by atoms with Gasteiger partial charge in [0.15, 0.2) is 0 Å². The minimum absolute atomic E-state index is 0.103. The highest BCUT2D eigenvalue weighted by Gasteiger charge is 2.38. The lowest BCUT2D eigenvalue weighted by atomic mass is 10.2. The number of carbonyl (C=O) groups excluding carboxylic acids is 1. The lowest BCUT2D eigenvalue weighted by Crippen LogP contribution is -2.39. The molecule has 3 aromatic rings. The van der Waals surface area contributed by atoms with Crippen molar-refractivity contribution in [3.63, 3.8) is 0 Å². The lowest BCUT2D eigenvalue weighted by Gasteiger charge is -2.26. The minimum Gasteiger partial charge on any atom is -0.357 e. The van der Waals surface area contributed by atoms with Gasteiger partial charge in [-0.25, -0.2) is 9.97 Å². The first-order chi connectivity index (χ1) is 13.6. The summed E-state index contributed by atoms with van der Waals surface area (Å²) in [6.45, 7) is 1.40. The molecule has 0 unspecified atom stereocenters. The van der Waals surface area contributed by atoms with E-state index in [-0.39, 0.29) is 17.5 Å². The van der Waals surface area contributed by atoms with E-state index in [4.69, 9.17) is 0 Å². The second-order valence-electron chi connectivity index (χ2n) is 7.05. The second kappa shape index (κ2) is 6.26. The van der Waals surface area contributed by atoms with Gasteiger partial charge in [-0.05, 0) is 12.8 Å². The monoisotopic (exact) mass is 397 g/mol. The summed E-state index contributed by atoms with van der Waals surface area (Å²) < 4.78 is 2.01. The van der Waals surface area contributed by atoms with Gasteiger partial charge in [0, 0.05) is 44.8 Å².